The molecule has 0 aliphatic rings. The quantitative estimate of drug-likeness (QED) is 0.438. The van der Waals surface area contributed by atoms with Crippen molar-refractivity contribution in [3.63, 3.8) is 0 Å². The van der Waals surface area contributed by atoms with Crippen molar-refractivity contribution >= 4 is 38.6 Å². The summed E-state index contributed by atoms with van der Waals surface area (Å²) in [6.45, 7) is 0. The van der Waals surface area contributed by atoms with Gasteiger partial charge in [-0.25, -0.2) is 9.98 Å². The number of tetrazole rings is 1. The van der Waals surface area contributed by atoms with E-state index in [2.05, 4.69) is 30.6 Å². The Morgan fingerprint density at radius 3 is 3.09 bits per heavy atom. The first-order valence-corrected chi connectivity index (χ1v) is 6.71. The zero-order valence-corrected chi connectivity index (χ0v) is 11.6. The number of hydrogen-bond donors (Lipinski definition) is 1. The number of hydrogen-bond acceptors (Lipinski definition) is 9. The number of nitro groups is 1. The van der Waals surface area contributed by atoms with Crippen LogP contribution in [0.1, 0.15) is 11.7 Å². The smallest absolute Gasteiger partial charge is 0.258 e. The van der Waals surface area contributed by atoms with Crippen molar-refractivity contribution in [1.29, 1.82) is 5.26 Å². The van der Waals surface area contributed by atoms with Crippen LogP contribution in [0, 0.1) is 21.4 Å². The number of aromatic amines is 1. The van der Waals surface area contributed by atoms with Crippen LogP contribution in [0.5, 0.6) is 0 Å². The Kier molecular flexibility index (Phi) is 3.50. The van der Waals surface area contributed by atoms with E-state index in [4.69, 9.17) is 5.26 Å². The maximum atomic E-state index is 10.7. The summed E-state index contributed by atoms with van der Waals surface area (Å²) in [6.07, 6.45) is 1.36. The summed E-state index contributed by atoms with van der Waals surface area (Å²) >= 11 is 1.19. The molecule has 11 heteroatoms. The molecular formula is C11H6N8O2S. The Hall–Kier alpha value is -3.26. The second-order valence-corrected chi connectivity index (χ2v) is 5.07. The largest absolute Gasteiger partial charge is 0.270 e. The van der Waals surface area contributed by atoms with Crippen LogP contribution < -0.4 is 0 Å². The van der Waals surface area contributed by atoms with E-state index >= 15 is 0 Å². The molecule has 1 N–H and O–H groups in total. The van der Waals surface area contributed by atoms with Crippen molar-refractivity contribution in [3.8, 4) is 6.07 Å². The summed E-state index contributed by atoms with van der Waals surface area (Å²) in [4.78, 5) is 18.6. The Morgan fingerprint density at radius 2 is 2.41 bits per heavy atom. The van der Waals surface area contributed by atoms with Crippen LogP contribution in [0.15, 0.2) is 23.2 Å². The molecular weight excluding hydrogens is 308 g/mol. The SMILES string of the molecule is N#CC(C=Nc1nc2ccc([N+](=O)[O-])cc2s1)c1nn[nH]n1. The molecule has 2 aromatic heterocycles. The predicted molar refractivity (Wildman–Crippen MR) is 77.0 cm³/mol. The molecule has 0 radical (unpaired) electrons. The Balaban J connectivity index is 1.89. The molecule has 22 heavy (non-hydrogen) atoms. The Labute approximate surface area is 126 Å². The molecule has 10 nitrogen and oxygen atoms in total. The van der Waals surface area contributed by atoms with Gasteiger partial charge in [-0.1, -0.05) is 16.6 Å². The number of non-ortho nitro benzene ring substituents is 1. The summed E-state index contributed by atoms with van der Waals surface area (Å²) < 4.78 is 0.648. The van der Waals surface area contributed by atoms with Crippen LogP contribution in [0.2, 0.25) is 0 Å². The van der Waals surface area contributed by atoms with Gasteiger partial charge in [0.25, 0.3) is 5.69 Å². The lowest BCUT2D eigenvalue weighted by Crippen LogP contribution is -1.99. The monoisotopic (exact) mass is 314 g/mol. The number of nitro benzene ring substituents is 1. The van der Waals surface area contributed by atoms with Crippen LogP contribution in [-0.4, -0.2) is 36.7 Å². The number of rotatable bonds is 4. The van der Waals surface area contributed by atoms with Gasteiger partial charge in [-0.3, -0.25) is 10.1 Å². The molecule has 3 rings (SSSR count). The summed E-state index contributed by atoms with van der Waals surface area (Å²) in [6, 6.07) is 6.36. The molecule has 0 spiro atoms. The second-order valence-electron chi connectivity index (χ2n) is 4.06. The third kappa shape index (κ3) is 2.63. The number of aromatic nitrogens is 5. The number of nitriles is 1. The highest BCUT2D eigenvalue weighted by Crippen LogP contribution is 2.30. The highest BCUT2D eigenvalue weighted by atomic mass is 32.1. The minimum Gasteiger partial charge on any atom is -0.258 e. The molecule has 0 fully saturated rings. The average Bonchev–Trinajstić information content (AvgIpc) is 3.16. The van der Waals surface area contributed by atoms with Gasteiger partial charge in [0.05, 0.1) is 21.2 Å². The molecule has 108 valence electrons. The predicted octanol–water partition coefficient (Wildman–Crippen LogP) is 1.73. The fraction of sp³-hybridized carbons (Fsp3) is 0.0909. The van der Waals surface area contributed by atoms with Crippen molar-refractivity contribution in [1.82, 2.24) is 25.6 Å². The van der Waals surface area contributed by atoms with Gasteiger partial charge in [-0.05, 0) is 6.07 Å². The van der Waals surface area contributed by atoms with E-state index < -0.39 is 10.8 Å². The summed E-state index contributed by atoms with van der Waals surface area (Å²) in [5, 5.41) is 33.3. The van der Waals surface area contributed by atoms with E-state index in [0.29, 0.717) is 15.3 Å². The lowest BCUT2D eigenvalue weighted by molar-refractivity contribution is -0.384. The highest BCUT2D eigenvalue weighted by Gasteiger charge is 2.14. The molecule has 0 saturated heterocycles. The maximum Gasteiger partial charge on any atom is 0.270 e. The number of H-pyrrole nitrogens is 1. The third-order valence-corrected chi connectivity index (χ3v) is 3.61. The molecule has 0 aliphatic carbocycles. The molecule has 2 heterocycles. The summed E-state index contributed by atoms with van der Waals surface area (Å²) in [7, 11) is 0. The van der Waals surface area contributed by atoms with E-state index in [0.717, 1.165) is 0 Å². The summed E-state index contributed by atoms with van der Waals surface area (Å²) in [5.74, 6) is -0.539. The second kappa shape index (κ2) is 5.62. The Morgan fingerprint density at radius 1 is 1.55 bits per heavy atom. The van der Waals surface area contributed by atoms with E-state index in [9.17, 15) is 10.1 Å². The van der Waals surface area contributed by atoms with Gasteiger partial charge < -0.3 is 0 Å². The zero-order chi connectivity index (χ0) is 15.5. The fourth-order valence-electron chi connectivity index (χ4n) is 1.67. The highest BCUT2D eigenvalue weighted by molar-refractivity contribution is 7.22. The van der Waals surface area contributed by atoms with Crippen LogP contribution in [0.25, 0.3) is 10.2 Å². The standard InChI is InChI=1S/C11H6N8O2S/c12-4-6(10-15-17-18-16-10)5-13-11-14-8-2-1-7(19(20)21)3-9(8)22-11/h1-3,5-6H,(H,15,16,17,18). The molecule has 1 unspecified atom stereocenters. The van der Waals surface area contributed by atoms with Gasteiger partial charge in [0.2, 0.25) is 5.13 Å². The topological polar surface area (TPSA) is 147 Å². The van der Waals surface area contributed by atoms with Gasteiger partial charge in [-0.2, -0.15) is 10.5 Å². The third-order valence-electron chi connectivity index (χ3n) is 2.68. The summed E-state index contributed by atoms with van der Waals surface area (Å²) in [5.41, 5.74) is 0.601. The molecule has 0 aliphatic heterocycles. The number of nitrogens with one attached hydrogen (secondary N) is 1. The first-order chi connectivity index (χ1) is 10.7. The molecule has 3 aromatic rings. The van der Waals surface area contributed by atoms with Gasteiger partial charge in [0, 0.05) is 18.3 Å². The van der Waals surface area contributed by atoms with Gasteiger partial charge in [0.15, 0.2) is 5.82 Å². The molecule has 0 bridgehead atoms. The molecule has 0 amide bonds. The van der Waals surface area contributed by atoms with E-state index in [1.54, 1.807) is 6.07 Å². The van der Waals surface area contributed by atoms with Crippen LogP contribution in [0.4, 0.5) is 10.8 Å². The van der Waals surface area contributed by atoms with Crippen molar-refractivity contribution in [2.45, 2.75) is 5.92 Å². The first kappa shape index (κ1) is 13.7. The number of fused-ring (bicyclic) bond motifs is 1. The van der Waals surface area contributed by atoms with Crippen LogP contribution in [0.3, 0.4) is 0 Å². The molecule has 0 saturated carbocycles. The van der Waals surface area contributed by atoms with Gasteiger partial charge >= 0.3 is 0 Å². The minimum atomic E-state index is -0.750. The van der Waals surface area contributed by atoms with E-state index in [1.807, 2.05) is 6.07 Å². The lowest BCUT2D eigenvalue weighted by Gasteiger charge is -1.92. The van der Waals surface area contributed by atoms with Crippen molar-refractivity contribution in [3.05, 3.63) is 34.1 Å². The van der Waals surface area contributed by atoms with E-state index in [-0.39, 0.29) is 11.5 Å². The van der Waals surface area contributed by atoms with Crippen LogP contribution in [-0.2, 0) is 0 Å². The molecule has 1 atom stereocenters. The fourth-order valence-corrected chi connectivity index (χ4v) is 2.52. The number of benzene rings is 1. The van der Waals surface area contributed by atoms with Crippen LogP contribution >= 0.6 is 11.3 Å². The van der Waals surface area contributed by atoms with Gasteiger partial charge in [-0.15, -0.1) is 10.2 Å². The van der Waals surface area contributed by atoms with E-state index in [1.165, 1.54) is 29.7 Å². The Bertz CT molecular complexity index is 895. The zero-order valence-electron chi connectivity index (χ0n) is 10.7. The maximum absolute atomic E-state index is 10.7. The van der Waals surface area contributed by atoms with Crippen molar-refractivity contribution in [2.24, 2.45) is 4.99 Å². The number of nitrogens with zero attached hydrogens (tertiary/aromatic N) is 7. The molecule has 1 aromatic carbocycles. The van der Waals surface area contributed by atoms with Crippen molar-refractivity contribution < 1.29 is 4.92 Å². The number of thiazole rings is 1. The number of aliphatic imine (C=N–C) groups is 1. The first-order valence-electron chi connectivity index (χ1n) is 5.89. The van der Waals surface area contributed by atoms with Crippen molar-refractivity contribution in [2.75, 3.05) is 0 Å². The normalized spacial score (nSPS) is 12.5. The minimum absolute atomic E-state index is 0.00613. The van der Waals surface area contributed by atoms with Gasteiger partial charge in [0.1, 0.15) is 5.92 Å². The lowest BCUT2D eigenvalue weighted by atomic mass is 10.2. The average molecular weight is 314 g/mol.